The van der Waals surface area contributed by atoms with Crippen molar-refractivity contribution in [2.75, 3.05) is 12.4 Å². The third-order valence-corrected chi connectivity index (χ3v) is 3.26. The van der Waals surface area contributed by atoms with Crippen molar-refractivity contribution in [3.05, 3.63) is 29.5 Å². The largest absolute Gasteiger partial charge is 0.573 e. The fraction of sp³-hybridized carbons (Fsp3) is 0.400. The lowest BCUT2D eigenvalue weighted by atomic mass is 9.96. The predicted molar refractivity (Wildman–Crippen MR) is 76.8 cm³/mol. The van der Waals surface area contributed by atoms with Crippen molar-refractivity contribution < 1.29 is 17.9 Å². The molecule has 0 unspecified atom stereocenters. The van der Waals surface area contributed by atoms with Crippen molar-refractivity contribution in [2.45, 2.75) is 33.1 Å². The van der Waals surface area contributed by atoms with Gasteiger partial charge >= 0.3 is 6.36 Å². The number of anilines is 1. The molecule has 1 aromatic heterocycles. The van der Waals surface area contributed by atoms with E-state index in [0.717, 1.165) is 11.3 Å². The first kappa shape index (κ1) is 15.4. The Balaban J connectivity index is 2.76. The molecule has 0 spiro atoms. The number of ether oxygens (including phenoxy) is 1. The van der Waals surface area contributed by atoms with Crippen molar-refractivity contribution in [3.8, 4) is 5.75 Å². The van der Waals surface area contributed by atoms with Gasteiger partial charge in [-0.1, -0.05) is 26.0 Å². The van der Waals surface area contributed by atoms with E-state index in [4.69, 9.17) is 0 Å². The topological polar surface area (TPSA) is 34.2 Å². The summed E-state index contributed by atoms with van der Waals surface area (Å²) in [6.07, 6.45) is -4.74. The number of hydrogen-bond donors (Lipinski definition) is 1. The Labute approximate surface area is 121 Å². The Morgan fingerprint density at radius 1 is 1.24 bits per heavy atom. The third kappa shape index (κ3) is 3.04. The van der Waals surface area contributed by atoms with Crippen LogP contribution in [0.15, 0.2) is 18.2 Å². The lowest BCUT2D eigenvalue weighted by molar-refractivity contribution is -0.274. The minimum atomic E-state index is -4.74. The van der Waals surface area contributed by atoms with Crippen LogP contribution in [-0.2, 0) is 0 Å². The molecule has 6 heteroatoms. The minimum absolute atomic E-state index is 0.205. The highest BCUT2D eigenvalue weighted by Gasteiger charge is 2.32. The molecule has 0 amide bonds. The maximum Gasteiger partial charge on any atom is 0.573 e. The monoisotopic (exact) mass is 298 g/mol. The molecule has 1 heterocycles. The molecule has 21 heavy (non-hydrogen) atoms. The molecule has 0 saturated heterocycles. The second kappa shape index (κ2) is 5.42. The second-order valence-electron chi connectivity index (χ2n) is 5.09. The van der Waals surface area contributed by atoms with Crippen LogP contribution in [0.1, 0.15) is 31.0 Å². The van der Waals surface area contributed by atoms with Gasteiger partial charge in [-0.15, -0.1) is 13.2 Å². The van der Waals surface area contributed by atoms with Crippen molar-refractivity contribution >= 4 is 16.6 Å². The van der Waals surface area contributed by atoms with Crippen molar-refractivity contribution in [1.29, 1.82) is 0 Å². The van der Waals surface area contributed by atoms with Crippen LogP contribution in [-0.4, -0.2) is 18.4 Å². The molecule has 0 saturated carbocycles. The minimum Gasteiger partial charge on any atom is -0.403 e. The quantitative estimate of drug-likeness (QED) is 0.898. The van der Waals surface area contributed by atoms with Crippen LogP contribution in [0.3, 0.4) is 0 Å². The SMILES string of the molecule is CNc1c(C(C)C)c(C)nc2c(OC(F)(F)F)cccc12. The maximum atomic E-state index is 12.5. The van der Waals surface area contributed by atoms with Crippen molar-refractivity contribution in [3.63, 3.8) is 0 Å². The highest BCUT2D eigenvalue weighted by atomic mass is 19.4. The van der Waals surface area contributed by atoms with E-state index in [1.165, 1.54) is 12.1 Å². The molecule has 1 N–H and O–H groups in total. The van der Waals surface area contributed by atoms with E-state index in [1.807, 2.05) is 13.8 Å². The van der Waals surface area contributed by atoms with Gasteiger partial charge in [-0.3, -0.25) is 0 Å². The first-order chi connectivity index (χ1) is 9.74. The molecule has 2 aromatic rings. The van der Waals surface area contributed by atoms with E-state index in [0.29, 0.717) is 11.1 Å². The lowest BCUT2D eigenvalue weighted by Crippen LogP contribution is -2.17. The Bertz CT molecular complexity index is 666. The number of alkyl halides is 3. The number of para-hydroxylation sites is 1. The van der Waals surface area contributed by atoms with Crippen LogP contribution in [0, 0.1) is 6.92 Å². The fourth-order valence-corrected chi connectivity index (χ4v) is 2.58. The van der Waals surface area contributed by atoms with Gasteiger partial charge in [0.05, 0.1) is 0 Å². The first-order valence-electron chi connectivity index (χ1n) is 6.61. The van der Waals surface area contributed by atoms with Gasteiger partial charge in [0.15, 0.2) is 5.75 Å². The summed E-state index contributed by atoms with van der Waals surface area (Å²) in [4.78, 5) is 4.32. The number of rotatable bonds is 3. The Hall–Kier alpha value is -1.98. The smallest absolute Gasteiger partial charge is 0.403 e. The summed E-state index contributed by atoms with van der Waals surface area (Å²) in [6.45, 7) is 5.83. The van der Waals surface area contributed by atoms with E-state index >= 15 is 0 Å². The molecular weight excluding hydrogens is 281 g/mol. The predicted octanol–water partition coefficient (Wildman–Crippen LogP) is 4.61. The van der Waals surface area contributed by atoms with E-state index < -0.39 is 6.36 Å². The van der Waals surface area contributed by atoms with Crippen molar-refractivity contribution in [1.82, 2.24) is 4.98 Å². The summed E-state index contributed by atoms with van der Waals surface area (Å²) in [5, 5.41) is 3.69. The normalized spacial score (nSPS) is 12.0. The van der Waals surface area contributed by atoms with Gasteiger partial charge in [0.1, 0.15) is 5.52 Å². The van der Waals surface area contributed by atoms with Crippen LogP contribution < -0.4 is 10.1 Å². The Kier molecular flexibility index (Phi) is 3.98. The molecular formula is C15H17F3N2O. The number of nitrogens with one attached hydrogen (secondary N) is 1. The van der Waals surface area contributed by atoms with E-state index in [-0.39, 0.29) is 17.2 Å². The Morgan fingerprint density at radius 3 is 2.43 bits per heavy atom. The number of pyridine rings is 1. The van der Waals surface area contributed by atoms with Crippen LogP contribution in [0.5, 0.6) is 5.75 Å². The summed E-state index contributed by atoms with van der Waals surface area (Å²) < 4.78 is 41.6. The van der Waals surface area contributed by atoms with Crippen LogP contribution in [0.2, 0.25) is 0 Å². The molecule has 0 fully saturated rings. The summed E-state index contributed by atoms with van der Waals surface area (Å²) in [5.74, 6) is -0.0774. The van der Waals surface area contributed by atoms with Crippen LogP contribution >= 0.6 is 0 Å². The fourth-order valence-electron chi connectivity index (χ4n) is 2.58. The molecule has 0 atom stereocenters. The Morgan fingerprint density at radius 2 is 1.90 bits per heavy atom. The zero-order valence-corrected chi connectivity index (χ0v) is 12.3. The average molecular weight is 298 g/mol. The highest BCUT2D eigenvalue weighted by molar-refractivity contribution is 5.96. The number of aromatic nitrogens is 1. The number of aryl methyl sites for hydroxylation is 1. The molecule has 0 bridgehead atoms. The zero-order valence-electron chi connectivity index (χ0n) is 12.3. The number of fused-ring (bicyclic) bond motifs is 1. The van der Waals surface area contributed by atoms with Gasteiger partial charge in [-0.25, -0.2) is 4.98 Å². The molecule has 1 aromatic carbocycles. The zero-order chi connectivity index (χ0) is 15.8. The third-order valence-electron chi connectivity index (χ3n) is 3.26. The summed E-state index contributed by atoms with van der Waals surface area (Å²) in [7, 11) is 1.75. The summed E-state index contributed by atoms with van der Waals surface area (Å²) >= 11 is 0. The lowest BCUT2D eigenvalue weighted by Gasteiger charge is -2.19. The van der Waals surface area contributed by atoms with E-state index in [9.17, 15) is 13.2 Å². The molecule has 0 aliphatic carbocycles. The molecule has 114 valence electrons. The molecule has 0 aliphatic rings. The first-order valence-corrected chi connectivity index (χ1v) is 6.61. The van der Waals surface area contributed by atoms with Crippen LogP contribution in [0.4, 0.5) is 18.9 Å². The number of nitrogens with zero attached hydrogens (tertiary/aromatic N) is 1. The van der Waals surface area contributed by atoms with Gasteiger partial charge in [0, 0.05) is 23.8 Å². The average Bonchev–Trinajstić information content (AvgIpc) is 2.35. The van der Waals surface area contributed by atoms with Crippen LogP contribution in [0.25, 0.3) is 10.9 Å². The highest BCUT2D eigenvalue weighted by Crippen LogP contribution is 2.37. The molecule has 0 radical (unpaired) electrons. The maximum absolute atomic E-state index is 12.5. The number of halogens is 3. The van der Waals surface area contributed by atoms with Gasteiger partial charge in [-0.2, -0.15) is 0 Å². The molecule has 2 rings (SSSR count). The number of benzene rings is 1. The summed E-state index contributed by atoms with van der Waals surface area (Å²) in [5.41, 5.74) is 2.69. The van der Waals surface area contributed by atoms with Gasteiger partial charge in [-0.05, 0) is 24.5 Å². The second-order valence-corrected chi connectivity index (χ2v) is 5.09. The van der Waals surface area contributed by atoms with E-state index in [2.05, 4.69) is 15.0 Å². The van der Waals surface area contributed by atoms with Gasteiger partial charge < -0.3 is 10.1 Å². The van der Waals surface area contributed by atoms with Gasteiger partial charge in [0.25, 0.3) is 0 Å². The van der Waals surface area contributed by atoms with Crippen molar-refractivity contribution in [2.24, 2.45) is 0 Å². The molecule has 3 nitrogen and oxygen atoms in total. The van der Waals surface area contributed by atoms with Gasteiger partial charge in [0.2, 0.25) is 0 Å². The molecule has 0 aliphatic heterocycles. The standard InChI is InChI=1S/C15H17F3N2O/c1-8(2)12-9(3)20-13-10(14(12)19-4)6-5-7-11(13)21-15(16,17)18/h5-8H,1-4H3,(H,19,20). The van der Waals surface area contributed by atoms with E-state index in [1.54, 1.807) is 20.0 Å². The summed E-state index contributed by atoms with van der Waals surface area (Å²) in [6, 6.07) is 4.55. The number of hydrogen-bond acceptors (Lipinski definition) is 3.